The fraction of sp³-hybridized carbons (Fsp3) is 0.982. The lowest BCUT2D eigenvalue weighted by Gasteiger charge is -2.30. The number of hydrogen-bond acceptors (Lipinski definition) is 6. The molecule has 0 heterocycles. The van der Waals surface area contributed by atoms with Crippen molar-refractivity contribution in [1.82, 2.24) is 5.32 Å². The number of carbonyl (C=O) groups is 1. The molecule has 0 radical (unpaired) electrons. The molecule has 3 unspecified atom stereocenters. The lowest BCUT2D eigenvalue weighted by Crippen LogP contribution is -2.46. The molecule has 65 heavy (non-hydrogen) atoms. The van der Waals surface area contributed by atoms with Crippen molar-refractivity contribution in [3.63, 3.8) is 0 Å². The highest BCUT2D eigenvalue weighted by molar-refractivity contribution is 7.45. The molecule has 3 atom stereocenters. The Balaban J connectivity index is 3.85. The molecule has 0 aliphatic rings. The molecule has 0 aromatic rings. The highest BCUT2D eigenvalue weighted by Gasteiger charge is 2.24. The summed E-state index contributed by atoms with van der Waals surface area (Å²) in [5.41, 5.74) is 0. The number of likely N-dealkylation sites (N-methyl/N-ethyl adjacent to an activating group) is 1. The van der Waals surface area contributed by atoms with Crippen LogP contribution in [-0.4, -0.2) is 68.5 Å². The molecular formula is C56H115N2O6P. The molecule has 1 amide bonds. The van der Waals surface area contributed by atoms with Gasteiger partial charge in [-0.15, -0.1) is 0 Å². The second-order valence-corrected chi connectivity index (χ2v) is 22.8. The minimum Gasteiger partial charge on any atom is -0.756 e. The smallest absolute Gasteiger partial charge is 0.268 e. The minimum atomic E-state index is -4.56. The van der Waals surface area contributed by atoms with Gasteiger partial charge in [0, 0.05) is 6.42 Å². The van der Waals surface area contributed by atoms with Gasteiger partial charge in [0.25, 0.3) is 7.82 Å². The van der Waals surface area contributed by atoms with Gasteiger partial charge in [-0.2, -0.15) is 0 Å². The monoisotopic (exact) mass is 943 g/mol. The number of phosphoric acid groups is 1. The zero-order valence-corrected chi connectivity index (χ0v) is 45.4. The summed E-state index contributed by atoms with van der Waals surface area (Å²) in [7, 11) is 1.32. The van der Waals surface area contributed by atoms with E-state index in [9.17, 15) is 19.4 Å². The van der Waals surface area contributed by atoms with Crippen molar-refractivity contribution in [3.8, 4) is 0 Å². The number of phosphoric ester groups is 1. The lowest BCUT2D eigenvalue weighted by molar-refractivity contribution is -0.870. The first-order valence-corrected chi connectivity index (χ1v) is 30.3. The Morgan fingerprint density at radius 2 is 0.754 bits per heavy atom. The first kappa shape index (κ1) is 64.5. The Morgan fingerprint density at radius 1 is 0.477 bits per heavy atom. The number of aliphatic hydroxyl groups is 1. The fourth-order valence-corrected chi connectivity index (χ4v) is 9.77. The number of nitrogens with one attached hydrogen (secondary N) is 1. The zero-order chi connectivity index (χ0) is 47.8. The van der Waals surface area contributed by atoms with E-state index in [0.717, 1.165) is 38.5 Å². The summed E-state index contributed by atoms with van der Waals surface area (Å²) in [4.78, 5) is 25.4. The molecule has 0 rings (SSSR count). The topological polar surface area (TPSA) is 108 Å². The second kappa shape index (κ2) is 48.5. The summed E-state index contributed by atoms with van der Waals surface area (Å²) in [6, 6.07) is -0.793. The second-order valence-electron chi connectivity index (χ2n) is 21.4. The molecule has 0 spiro atoms. The lowest BCUT2D eigenvalue weighted by atomic mass is 10.0. The number of rotatable bonds is 54. The largest absolute Gasteiger partial charge is 0.756 e. The third-order valence-electron chi connectivity index (χ3n) is 13.6. The number of quaternary nitrogens is 1. The van der Waals surface area contributed by atoms with Crippen LogP contribution in [0.3, 0.4) is 0 Å². The van der Waals surface area contributed by atoms with Crippen molar-refractivity contribution >= 4 is 13.7 Å². The van der Waals surface area contributed by atoms with Crippen molar-refractivity contribution in [2.75, 3.05) is 40.9 Å². The number of aliphatic hydroxyl groups excluding tert-OH is 1. The van der Waals surface area contributed by atoms with Gasteiger partial charge in [0.15, 0.2) is 0 Å². The van der Waals surface area contributed by atoms with Gasteiger partial charge in [-0.25, -0.2) is 0 Å². The number of nitrogens with zero attached hydrogens (tertiary/aromatic N) is 1. The van der Waals surface area contributed by atoms with Crippen LogP contribution in [0, 0.1) is 0 Å². The quantitative estimate of drug-likeness (QED) is 0.0357. The summed E-state index contributed by atoms with van der Waals surface area (Å²) >= 11 is 0. The van der Waals surface area contributed by atoms with E-state index in [2.05, 4.69) is 19.2 Å². The van der Waals surface area contributed by atoms with Crippen LogP contribution in [0.5, 0.6) is 0 Å². The van der Waals surface area contributed by atoms with Crippen LogP contribution in [0.4, 0.5) is 0 Å². The van der Waals surface area contributed by atoms with Crippen molar-refractivity contribution in [3.05, 3.63) is 0 Å². The highest BCUT2D eigenvalue weighted by atomic mass is 31.2. The molecule has 0 aliphatic heterocycles. The SMILES string of the molecule is CCCCCCCCCCCCCCCCCCCCCCCCCCCCCCCCCCCC(=O)NC(COP(=O)([O-])OCC[N+](C)(C)C)C(O)CCCCCCCCCCCC. The van der Waals surface area contributed by atoms with Crippen molar-refractivity contribution < 1.29 is 32.9 Å². The molecule has 9 heteroatoms. The Kier molecular flexibility index (Phi) is 48.1. The summed E-state index contributed by atoms with van der Waals surface area (Å²) < 4.78 is 23.3. The summed E-state index contributed by atoms with van der Waals surface area (Å²) in [6.45, 7) is 4.74. The Morgan fingerprint density at radius 3 is 1.05 bits per heavy atom. The third-order valence-corrected chi connectivity index (χ3v) is 14.6. The van der Waals surface area contributed by atoms with Crippen molar-refractivity contribution in [1.29, 1.82) is 0 Å². The average Bonchev–Trinajstić information content (AvgIpc) is 3.26. The van der Waals surface area contributed by atoms with Gasteiger partial charge in [0.2, 0.25) is 5.91 Å². The molecule has 2 N–H and O–H groups in total. The van der Waals surface area contributed by atoms with E-state index in [-0.39, 0.29) is 19.1 Å². The summed E-state index contributed by atoms with van der Waals surface area (Å²) in [6.07, 6.45) is 57.4. The standard InChI is InChI=1S/C56H115N2O6P/c1-6-8-10-12-14-16-18-19-20-21-22-23-24-25-26-27-28-29-30-31-32-33-34-35-36-37-38-39-40-42-44-46-48-50-56(60)57-54(53-64-65(61,62)63-52-51-58(3,4)5)55(59)49-47-45-43-41-17-15-13-11-9-7-2/h54-55,59H,6-53H2,1-5H3,(H-,57,60,61,62). The van der Waals surface area contributed by atoms with Crippen LogP contribution in [0.2, 0.25) is 0 Å². The maximum Gasteiger partial charge on any atom is 0.268 e. The maximum atomic E-state index is 12.9. The molecule has 0 saturated carbocycles. The third kappa shape index (κ3) is 51.2. The van der Waals surface area contributed by atoms with Gasteiger partial charge in [-0.3, -0.25) is 9.36 Å². The first-order valence-electron chi connectivity index (χ1n) is 28.9. The van der Waals surface area contributed by atoms with Crippen LogP contribution < -0.4 is 10.2 Å². The van der Waals surface area contributed by atoms with Gasteiger partial charge in [-0.1, -0.05) is 284 Å². The van der Waals surface area contributed by atoms with Crippen LogP contribution >= 0.6 is 7.82 Å². The molecule has 0 aromatic heterocycles. The van der Waals surface area contributed by atoms with E-state index in [4.69, 9.17) is 9.05 Å². The van der Waals surface area contributed by atoms with Gasteiger partial charge in [0.1, 0.15) is 13.2 Å². The normalized spacial score (nSPS) is 13.9. The van der Waals surface area contributed by atoms with Gasteiger partial charge in [-0.05, 0) is 12.8 Å². The van der Waals surface area contributed by atoms with E-state index in [0.29, 0.717) is 23.9 Å². The average molecular weight is 944 g/mol. The molecule has 0 saturated heterocycles. The molecular weight excluding hydrogens is 828 g/mol. The minimum absolute atomic E-state index is 0.0161. The number of hydrogen-bond donors (Lipinski definition) is 2. The van der Waals surface area contributed by atoms with Crippen LogP contribution in [0.15, 0.2) is 0 Å². The van der Waals surface area contributed by atoms with Gasteiger partial charge < -0.3 is 28.8 Å². The van der Waals surface area contributed by atoms with E-state index in [1.807, 2.05) is 21.1 Å². The van der Waals surface area contributed by atoms with E-state index < -0.39 is 20.0 Å². The van der Waals surface area contributed by atoms with E-state index in [1.54, 1.807) is 0 Å². The van der Waals surface area contributed by atoms with Crippen LogP contribution in [0.25, 0.3) is 0 Å². The maximum absolute atomic E-state index is 12.9. The first-order chi connectivity index (χ1) is 31.5. The summed E-state index contributed by atoms with van der Waals surface area (Å²) in [5, 5.41) is 13.9. The molecule has 0 aromatic carbocycles. The molecule has 8 nitrogen and oxygen atoms in total. The predicted molar refractivity (Wildman–Crippen MR) is 279 cm³/mol. The zero-order valence-electron chi connectivity index (χ0n) is 44.5. The van der Waals surface area contributed by atoms with E-state index >= 15 is 0 Å². The van der Waals surface area contributed by atoms with Crippen molar-refractivity contribution in [2.45, 2.75) is 315 Å². The molecule has 0 fully saturated rings. The fourth-order valence-electron chi connectivity index (χ4n) is 9.04. The molecule has 390 valence electrons. The van der Waals surface area contributed by atoms with Crippen LogP contribution in [0.1, 0.15) is 303 Å². The Hall–Kier alpha value is -0.500. The number of carbonyl (C=O) groups excluding carboxylic acids is 1. The van der Waals surface area contributed by atoms with Crippen molar-refractivity contribution in [2.24, 2.45) is 0 Å². The summed E-state index contributed by atoms with van der Waals surface area (Å²) in [5.74, 6) is -0.159. The van der Waals surface area contributed by atoms with E-state index in [1.165, 1.54) is 238 Å². The van der Waals surface area contributed by atoms with Crippen LogP contribution in [-0.2, 0) is 18.4 Å². The Bertz CT molecular complexity index is 1030. The van der Waals surface area contributed by atoms with Gasteiger partial charge >= 0.3 is 0 Å². The predicted octanol–water partition coefficient (Wildman–Crippen LogP) is 16.6. The number of amides is 1. The molecule has 0 bridgehead atoms. The Labute approximate surface area is 406 Å². The molecule has 0 aliphatic carbocycles. The van der Waals surface area contributed by atoms with Gasteiger partial charge in [0.05, 0.1) is 39.9 Å². The number of unbranched alkanes of at least 4 members (excludes halogenated alkanes) is 41. The highest BCUT2D eigenvalue weighted by Crippen LogP contribution is 2.38.